The van der Waals surface area contributed by atoms with E-state index in [1.165, 1.54) is 17.8 Å². The number of carbonyl (C=O) groups excluding carboxylic acids is 1. The highest BCUT2D eigenvalue weighted by molar-refractivity contribution is 7.92. The molecule has 0 radical (unpaired) electrons. The third-order valence-corrected chi connectivity index (χ3v) is 7.86. The Morgan fingerprint density at radius 1 is 1.08 bits per heavy atom. The van der Waals surface area contributed by atoms with Crippen molar-refractivity contribution in [3.8, 4) is 6.07 Å². The van der Waals surface area contributed by atoms with Crippen LogP contribution in [0.4, 0.5) is 11.5 Å². The van der Waals surface area contributed by atoms with Gasteiger partial charge in [0.1, 0.15) is 10.7 Å². The van der Waals surface area contributed by atoms with Gasteiger partial charge < -0.3 is 9.80 Å². The number of rotatable bonds is 6. The summed E-state index contributed by atoms with van der Waals surface area (Å²) in [5, 5.41) is 8.99. The molecule has 1 aliphatic heterocycles. The lowest BCUT2D eigenvalue weighted by Gasteiger charge is -2.32. The second-order valence-corrected chi connectivity index (χ2v) is 10.9. The quantitative estimate of drug-likeness (QED) is 0.542. The number of carbonyl (C=O) groups is 1. The Labute approximate surface area is 212 Å². The van der Waals surface area contributed by atoms with Crippen LogP contribution in [0.3, 0.4) is 0 Å². The number of aryl methyl sites for hydroxylation is 1. The SMILES string of the molecule is Cc1ccc(C(=O)N2CCC(c3ccc(C#N)cc3)CC2)cc1NS(=O)(=O)c1ccc(N(C)C)nc1. The van der Waals surface area contributed by atoms with Crippen molar-refractivity contribution in [1.29, 1.82) is 5.26 Å². The molecule has 0 bridgehead atoms. The van der Waals surface area contributed by atoms with Crippen molar-refractivity contribution in [3.63, 3.8) is 0 Å². The zero-order valence-corrected chi connectivity index (χ0v) is 21.4. The molecule has 1 N–H and O–H groups in total. The molecule has 0 aliphatic carbocycles. The molecule has 9 heteroatoms. The number of nitrogens with one attached hydrogen (secondary N) is 1. The van der Waals surface area contributed by atoms with Crippen molar-refractivity contribution in [1.82, 2.24) is 9.88 Å². The van der Waals surface area contributed by atoms with E-state index in [9.17, 15) is 13.2 Å². The fourth-order valence-electron chi connectivity index (χ4n) is 4.29. The summed E-state index contributed by atoms with van der Waals surface area (Å²) in [5.74, 6) is 0.876. The molecule has 186 valence electrons. The van der Waals surface area contributed by atoms with Gasteiger partial charge in [0.15, 0.2) is 0 Å². The Morgan fingerprint density at radius 2 is 1.78 bits per heavy atom. The average molecular weight is 504 g/mol. The van der Waals surface area contributed by atoms with E-state index in [1.807, 2.05) is 43.3 Å². The molecule has 2 heterocycles. The predicted octanol–water partition coefficient (Wildman–Crippen LogP) is 4.15. The first-order valence-corrected chi connectivity index (χ1v) is 13.2. The highest BCUT2D eigenvalue weighted by Crippen LogP contribution is 2.29. The number of piperidine rings is 1. The van der Waals surface area contributed by atoms with E-state index in [4.69, 9.17) is 5.26 Å². The van der Waals surface area contributed by atoms with Crippen LogP contribution >= 0.6 is 0 Å². The standard InChI is InChI=1S/C27H29N5O3S/c1-19-4-7-23(16-25(19)30-36(34,35)24-10-11-26(29-18-24)31(2)3)27(33)32-14-12-22(13-15-32)21-8-5-20(17-28)6-9-21/h4-11,16,18,22,30H,12-15H2,1-3H3. The summed E-state index contributed by atoms with van der Waals surface area (Å²) in [4.78, 5) is 21.1. The summed E-state index contributed by atoms with van der Waals surface area (Å²) in [6, 6.07) is 18.0. The highest BCUT2D eigenvalue weighted by Gasteiger charge is 2.25. The summed E-state index contributed by atoms with van der Waals surface area (Å²) in [6.45, 7) is 3.02. The van der Waals surface area contributed by atoms with E-state index in [1.54, 1.807) is 36.1 Å². The number of sulfonamides is 1. The van der Waals surface area contributed by atoms with Crippen LogP contribution in [0.1, 0.15) is 45.8 Å². The molecular weight excluding hydrogens is 474 g/mol. The Hall–Kier alpha value is -3.90. The number of amides is 1. The Bertz CT molecular complexity index is 1390. The van der Waals surface area contributed by atoms with Gasteiger partial charge in [-0.15, -0.1) is 0 Å². The maximum absolute atomic E-state index is 13.2. The first-order valence-electron chi connectivity index (χ1n) is 11.7. The molecule has 2 aromatic carbocycles. The van der Waals surface area contributed by atoms with E-state index in [0.29, 0.717) is 47.2 Å². The minimum atomic E-state index is -3.86. The summed E-state index contributed by atoms with van der Waals surface area (Å²) in [6.07, 6.45) is 2.98. The lowest BCUT2D eigenvalue weighted by molar-refractivity contribution is 0.0713. The van der Waals surface area contributed by atoms with Gasteiger partial charge in [-0.1, -0.05) is 18.2 Å². The van der Waals surface area contributed by atoms with Gasteiger partial charge in [0, 0.05) is 38.9 Å². The van der Waals surface area contributed by atoms with Crippen molar-refractivity contribution in [2.75, 3.05) is 36.8 Å². The first kappa shape index (κ1) is 25.2. The number of pyridine rings is 1. The van der Waals surface area contributed by atoms with Gasteiger partial charge in [-0.05, 0) is 73.2 Å². The molecule has 3 aromatic rings. The van der Waals surface area contributed by atoms with Gasteiger partial charge >= 0.3 is 0 Å². The molecule has 0 unspecified atom stereocenters. The summed E-state index contributed by atoms with van der Waals surface area (Å²) in [7, 11) is -0.206. The van der Waals surface area contributed by atoms with E-state index < -0.39 is 10.0 Å². The zero-order valence-electron chi connectivity index (χ0n) is 20.6. The largest absolute Gasteiger partial charge is 0.363 e. The lowest BCUT2D eigenvalue weighted by atomic mass is 9.89. The molecule has 0 atom stereocenters. The summed E-state index contributed by atoms with van der Waals surface area (Å²) in [5.41, 5.74) is 3.34. The number of nitriles is 1. The molecule has 0 saturated carbocycles. The Balaban J connectivity index is 1.45. The molecule has 1 aliphatic rings. The zero-order chi connectivity index (χ0) is 25.9. The highest BCUT2D eigenvalue weighted by atomic mass is 32.2. The van der Waals surface area contributed by atoms with Crippen molar-refractivity contribution in [2.24, 2.45) is 0 Å². The smallest absolute Gasteiger partial charge is 0.263 e. The van der Waals surface area contributed by atoms with E-state index in [-0.39, 0.29) is 10.8 Å². The van der Waals surface area contributed by atoms with Crippen LogP contribution in [0, 0.1) is 18.3 Å². The fraction of sp³-hybridized carbons (Fsp3) is 0.296. The number of hydrogen-bond donors (Lipinski definition) is 1. The normalized spacial score (nSPS) is 14.2. The van der Waals surface area contributed by atoms with Crippen LogP contribution in [-0.2, 0) is 10.0 Å². The molecular formula is C27H29N5O3S. The van der Waals surface area contributed by atoms with Crippen molar-refractivity contribution >= 4 is 27.4 Å². The van der Waals surface area contributed by atoms with Crippen molar-refractivity contribution < 1.29 is 13.2 Å². The summed E-state index contributed by atoms with van der Waals surface area (Å²) < 4.78 is 28.5. The van der Waals surface area contributed by atoms with Crippen LogP contribution in [0.5, 0.6) is 0 Å². The molecule has 1 fully saturated rings. The van der Waals surface area contributed by atoms with Gasteiger partial charge in [0.2, 0.25) is 0 Å². The number of benzene rings is 2. The molecule has 36 heavy (non-hydrogen) atoms. The Morgan fingerprint density at radius 3 is 2.36 bits per heavy atom. The van der Waals surface area contributed by atoms with Crippen LogP contribution < -0.4 is 9.62 Å². The van der Waals surface area contributed by atoms with Gasteiger partial charge in [-0.2, -0.15) is 5.26 Å². The molecule has 0 spiro atoms. The summed E-state index contributed by atoms with van der Waals surface area (Å²) >= 11 is 0. The van der Waals surface area contributed by atoms with Crippen molar-refractivity contribution in [2.45, 2.75) is 30.6 Å². The number of aromatic nitrogens is 1. The molecule has 4 rings (SSSR count). The second-order valence-electron chi connectivity index (χ2n) is 9.18. The van der Waals surface area contributed by atoms with Gasteiger partial charge in [0.25, 0.3) is 15.9 Å². The Kier molecular flexibility index (Phi) is 7.27. The van der Waals surface area contributed by atoms with Gasteiger partial charge in [-0.25, -0.2) is 13.4 Å². The maximum atomic E-state index is 13.2. The van der Waals surface area contributed by atoms with Crippen LogP contribution in [-0.4, -0.2) is 51.4 Å². The third-order valence-electron chi connectivity index (χ3n) is 6.51. The minimum absolute atomic E-state index is 0.0501. The van der Waals surface area contributed by atoms with E-state index in [0.717, 1.165) is 12.8 Å². The van der Waals surface area contributed by atoms with Crippen LogP contribution in [0.25, 0.3) is 0 Å². The van der Waals surface area contributed by atoms with E-state index >= 15 is 0 Å². The number of hydrogen-bond acceptors (Lipinski definition) is 6. The molecule has 1 saturated heterocycles. The lowest BCUT2D eigenvalue weighted by Crippen LogP contribution is -2.38. The predicted molar refractivity (Wildman–Crippen MR) is 140 cm³/mol. The van der Waals surface area contributed by atoms with E-state index in [2.05, 4.69) is 15.8 Å². The minimum Gasteiger partial charge on any atom is -0.363 e. The first-order chi connectivity index (χ1) is 17.2. The van der Waals surface area contributed by atoms with Crippen LogP contribution in [0.15, 0.2) is 65.7 Å². The third kappa shape index (κ3) is 5.50. The monoisotopic (exact) mass is 503 g/mol. The van der Waals surface area contributed by atoms with Gasteiger partial charge in [0.05, 0.1) is 17.3 Å². The molecule has 1 aromatic heterocycles. The van der Waals surface area contributed by atoms with Crippen LogP contribution in [0.2, 0.25) is 0 Å². The number of anilines is 2. The number of likely N-dealkylation sites (tertiary alicyclic amines) is 1. The van der Waals surface area contributed by atoms with Gasteiger partial charge in [-0.3, -0.25) is 9.52 Å². The second kappa shape index (κ2) is 10.4. The fourth-order valence-corrected chi connectivity index (χ4v) is 5.36. The maximum Gasteiger partial charge on any atom is 0.263 e. The topological polar surface area (TPSA) is 106 Å². The molecule has 8 nitrogen and oxygen atoms in total. The number of nitrogens with zero attached hydrogens (tertiary/aromatic N) is 4. The van der Waals surface area contributed by atoms with Crippen molar-refractivity contribution in [3.05, 3.63) is 83.0 Å². The molecule has 1 amide bonds. The average Bonchev–Trinajstić information content (AvgIpc) is 2.89.